The number of nitrogen functional groups attached to an aromatic ring is 1. The first-order valence-corrected chi connectivity index (χ1v) is 8.05. The third-order valence-corrected chi connectivity index (χ3v) is 4.30. The van der Waals surface area contributed by atoms with Crippen LogP contribution in [0.3, 0.4) is 0 Å². The first kappa shape index (κ1) is 14.9. The lowest BCUT2D eigenvalue weighted by Crippen LogP contribution is -2.44. The van der Waals surface area contributed by atoms with E-state index in [0.717, 1.165) is 29.0 Å². The van der Waals surface area contributed by atoms with Crippen LogP contribution in [0.25, 0.3) is 17.0 Å². The predicted molar refractivity (Wildman–Crippen MR) is 93.4 cm³/mol. The minimum absolute atomic E-state index is 0.252. The molecule has 2 aromatic heterocycles. The van der Waals surface area contributed by atoms with Gasteiger partial charge in [-0.1, -0.05) is 6.07 Å². The van der Waals surface area contributed by atoms with Gasteiger partial charge in [-0.3, -0.25) is 4.57 Å². The second-order valence-corrected chi connectivity index (χ2v) is 6.18. The summed E-state index contributed by atoms with van der Waals surface area (Å²) in [6.07, 6.45) is 1.74. The SMILES string of the molecule is Cc1ccc2ncn(-c3nc(N)cc(N4CCOCC4C)n3)c2c1. The van der Waals surface area contributed by atoms with E-state index in [0.29, 0.717) is 25.0 Å². The minimum atomic E-state index is 0.252. The second-order valence-electron chi connectivity index (χ2n) is 6.18. The summed E-state index contributed by atoms with van der Waals surface area (Å²) < 4.78 is 7.39. The van der Waals surface area contributed by atoms with E-state index >= 15 is 0 Å². The number of hydrogen-bond donors (Lipinski definition) is 1. The number of rotatable bonds is 2. The highest BCUT2D eigenvalue weighted by molar-refractivity contribution is 5.77. The van der Waals surface area contributed by atoms with Crippen molar-refractivity contribution in [3.05, 3.63) is 36.2 Å². The van der Waals surface area contributed by atoms with Crippen LogP contribution < -0.4 is 10.6 Å². The summed E-state index contributed by atoms with van der Waals surface area (Å²) in [6.45, 7) is 6.34. The van der Waals surface area contributed by atoms with Crippen molar-refractivity contribution in [3.8, 4) is 5.95 Å². The zero-order chi connectivity index (χ0) is 16.7. The quantitative estimate of drug-likeness (QED) is 0.775. The van der Waals surface area contributed by atoms with E-state index in [4.69, 9.17) is 15.5 Å². The number of nitrogens with zero attached hydrogens (tertiary/aromatic N) is 5. The van der Waals surface area contributed by atoms with E-state index < -0.39 is 0 Å². The van der Waals surface area contributed by atoms with Crippen LogP contribution in [0.4, 0.5) is 11.6 Å². The van der Waals surface area contributed by atoms with Gasteiger partial charge in [0, 0.05) is 12.6 Å². The average Bonchev–Trinajstić information content (AvgIpc) is 2.97. The van der Waals surface area contributed by atoms with Crippen LogP contribution in [-0.4, -0.2) is 45.3 Å². The number of benzene rings is 1. The molecule has 0 saturated carbocycles. The van der Waals surface area contributed by atoms with Crippen molar-refractivity contribution in [3.63, 3.8) is 0 Å². The van der Waals surface area contributed by atoms with Gasteiger partial charge >= 0.3 is 0 Å². The Labute approximate surface area is 140 Å². The minimum Gasteiger partial charge on any atom is -0.383 e. The highest BCUT2D eigenvalue weighted by Crippen LogP contribution is 2.23. The highest BCUT2D eigenvalue weighted by atomic mass is 16.5. The fraction of sp³-hybridized carbons (Fsp3) is 0.353. The number of ether oxygens (including phenoxy) is 1. The van der Waals surface area contributed by atoms with Crippen molar-refractivity contribution in [1.82, 2.24) is 19.5 Å². The number of aromatic nitrogens is 4. The number of hydrogen-bond acceptors (Lipinski definition) is 6. The molecular weight excluding hydrogens is 304 g/mol. The predicted octanol–water partition coefficient (Wildman–Crippen LogP) is 1.93. The van der Waals surface area contributed by atoms with Gasteiger partial charge in [0.25, 0.3) is 0 Å². The zero-order valence-corrected chi connectivity index (χ0v) is 13.8. The smallest absolute Gasteiger partial charge is 0.239 e. The standard InChI is InChI=1S/C17H20N6O/c1-11-3-4-13-14(7-11)23(10-19-13)17-20-15(18)8-16(21-17)22-5-6-24-9-12(22)2/h3-4,7-8,10,12H,5-6,9H2,1-2H3,(H2,18,20,21). The molecule has 0 bridgehead atoms. The van der Waals surface area contributed by atoms with E-state index in [1.54, 1.807) is 6.33 Å². The molecule has 0 radical (unpaired) electrons. The maximum absolute atomic E-state index is 6.05. The van der Waals surface area contributed by atoms with Crippen molar-refractivity contribution < 1.29 is 4.74 Å². The van der Waals surface area contributed by atoms with Crippen LogP contribution in [0.5, 0.6) is 0 Å². The van der Waals surface area contributed by atoms with Crippen molar-refractivity contribution >= 4 is 22.7 Å². The summed E-state index contributed by atoms with van der Waals surface area (Å²) in [7, 11) is 0. The van der Waals surface area contributed by atoms with E-state index in [1.165, 1.54) is 0 Å². The molecule has 1 aliphatic rings. The van der Waals surface area contributed by atoms with Gasteiger partial charge < -0.3 is 15.4 Å². The Morgan fingerprint density at radius 3 is 2.96 bits per heavy atom. The maximum Gasteiger partial charge on any atom is 0.239 e. The molecule has 1 aliphatic heterocycles. The summed E-state index contributed by atoms with van der Waals surface area (Å²) in [6, 6.07) is 8.18. The van der Waals surface area contributed by atoms with Gasteiger partial charge in [0.2, 0.25) is 5.95 Å². The molecule has 3 heterocycles. The molecule has 4 rings (SSSR count). The van der Waals surface area contributed by atoms with E-state index in [-0.39, 0.29) is 6.04 Å². The molecule has 0 spiro atoms. The molecule has 7 heteroatoms. The molecule has 1 unspecified atom stereocenters. The molecule has 24 heavy (non-hydrogen) atoms. The van der Waals surface area contributed by atoms with Crippen LogP contribution >= 0.6 is 0 Å². The van der Waals surface area contributed by atoms with Crippen LogP contribution in [0.1, 0.15) is 12.5 Å². The third-order valence-electron chi connectivity index (χ3n) is 4.30. The Bertz CT molecular complexity index is 890. The summed E-state index contributed by atoms with van der Waals surface area (Å²) in [4.78, 5) is 15.8. The van der Waals surface area contributed by atoms with Crippen LogP contribution in [0.15, 0.2) is 30.6 Å². The molecule has 2 N–H and O–H groups in total. The van der Waals surface area contributed by atoms with Gasteiger partial charge in [-0.2, -0.15) is 9.97 Å². The van der Waals surface area contributed by atoms with Crippen molar-refractivity contribution in [1.29, 1.82) is 0 Å². The maximum atomic E-state index is 6.05. The van der Waals surface area contributed by atoms with E-state index in [1.807, 2.05) is 22.8 Å². The monoisotopic (exact) mass is 324 g/mol. The Morgan fingerprint density at radius 1 is 1.25 bits per heavy atom. The second kappa shape index (κ2) is 5.76. The Balaban J connectivity index is 1.81. The lowest BCUT2D eigenvalue weighted by Gasteiger charge is -2.34. The topological polar surface area (TPSA) is 82.1 Å². The van der Waals surface area contributed by atoms with Gasteiger partial charge in [-0.15, -0.1) is 0 Å². The third kappa shape index (κ3) is 2.56. The number of morpholine rings is 1. The summed E-state index contributed by atoms with van der Waals surface area (Å²) in [5, 5.41) is 0. The molecule has 1 saturated heterocycles. The fourth-order valence-corrected chi connectivity index (χ4v) is 3.04. The average molecular weight is 324 g/mol. The van der Waals surface area contributed by atoms with Crippen LogP contribution in [0.2, 0.25) is 0 Å². The highest BCUT2D eigenvalue weighted by Gasteiger charge is 2.21. The van der Waals surface area contributed by atoms with E-state index in [2.05, 4.69) is 34.8 Å². The molecule has 124 valence electrons. The molecule has 0 aliphatic carbocycles. The number of aryl methyl sites for hydroxylation is 1. The molecule has 1 fully saturated rings. The number of imidazole rings is 1. The van der Waals surface area contributed by atoms with Crippen LogP contribution in [-0.2, 0) is 4.74 Å². The molecule has 0 amide bonds. The van der Waals surface area contributed by atoms with Gasteiger partial charge in [0.05, 0.1) is 30.3 Å². The number of anilines is 2. The summed E-state index contributed by atoms with van der Waals surface area (Å²) in [5.41, 5.74) is 9.09. The number of fused-ring (bicyclic) bond motifs is 1. The number of nitrogens with two attached hydrogens (primary N) is 1. The van der Waals surface area contributed by atoms with Crippen molar-refractivity contribution in [2.24, 2.45) is 0 Å². The van der Waals surface area contributed by atoms with Crippen molar-refractivity contribution in [2.75, 3.05) is 30.4 Å². The molecule has 1 aromatic carbocycles. The zero-order valence-electron chi connectivity index (χ0n) is 13.8. The Hall–Kier alpha value is -2.67. The molecular formula is C17H20N6O. The van der Waals surface area contributed by atoms with Gasteiger partial charge in [0.1, 0.15) is 18.0 Å². The van der Waals surface area contributed by atoms with Gasteiger partial charge in [0.15, 0.2) is 0 Å². The van der Waals surface area contributed by atoms with Crippen molar-refractivity contribution in [2.45, 2.75) is 19.9 Å². The normalized spacial score (nSPS) is 18.2. The lowest BCUT2D eigenvalue weighted by atomic mass is 10.2. The fourth-order valence-electron chi connectivity index (χ4n) is 3.04. The summed E-state index contributed by atoms with van der Waals surface area (Å²) in [5.74, 6) is 1.81. The Morgan fingerprint density at radius 2 is 2.12 bits per heavy atom. The first-order chi connectivity index (χ1) is 11.6. The summed E-state index contributed by atoms with van der Waals surface area (Å²) >= 11 is 0. The largest absolute Gasteiger partial charge is 0.383 e. The van der Waals surface area contributed by atoms with Gasteiger partial charge in [-0.25, -0.2) is 4.98 Å². The molecule has 3 aromatic rings. The first-order valence-electron chi connectivity index (χ1n) is 8.05. The van der Waals surface area contributed by atoms with Crippen LogP contribution in [0, 0.1) is 6.92 Å². The lowest BCUT2D eigenvalue weighted by molar-refractivity contribution is 0.0985. The molecule has 1 atom stereocenters. The Kier molecular flexibility index (Phi) is 3.57. The van der Waals surface area contributed by atoms with E-state index in [9.17, 15) is 0 Å². The van der Waals surface area contributed by atoms with Gasteiger partial charge in [-0.05, 0) is 31.5 Å². The molecule has 7 nitrogen and oxygen atoms in total.